The van der Waals surface area contributed by atoms with Gasteiger partial charge in [-0.2, -0.15) is 0 Å². The summed E-state index contributed by atoms with van der Waals surface area (Å²) >= 11 is 0. The molecular formula is C86H130FN21O16. The molecule has 0 spiro atoms. The highest BCUT2D eigenvalue weighted by atomic mass is 19.1. The molecule has 1 fully saturated rings. The molecule has 0 bridgehead atoms. The first-order valence-corrected chi connectivity index (χ1v) is 42.7. The van der Waals surface area contributed by atoms with Crippen LogP contribution in [-0.4, -0.2) is 241 Å². The van der Waals surface area contributed by atoms with Crippen LogP contribution in [0.25, 0.3) is 22.8 Å². The van der Waals surface area contributed by atoms with E-state index in [2.05, 4.69) is 92.8 Å². The highest BCUT2D eigenvalue weighted by Crippen LogP contribution is 2.39. The molecule has 0 radical (unpaired) electrons. The second kappa shape index (κ2) is 50.6. The van der Waals surface area contributed by atoms with E-state index in [-0.39, 0.29) is 119 Å². The number of halogens is 1. The van der Waals surface area contributed by atoms with Gasteiger partial charge in [-0.3, -0.25) is 62.3 Å². The fraction of sp³-hybridized carbons (Fsp3) is 0.558. The van der Waals surface area contributed by atoms with Gasteiger partial charge in [-0.25, -0.2) is 14.1 Å². The average Bonchev–Trinajstić information content (AvgIpc) is 1.60. The van der Waals surface area contributed by atoms with Crippen LogP contribution in [0.2, 0.25) is 0 Å². The molecule has 0 saturated carbocycles. The molecule has 4 aromatic rings. The van der Waals surface area contributed by atoms with Crippen LogP contribution in [0.4, 0.5) is 14.9 Å². The number of carbonyl (C=O) groups is 14. The molecule has 0 aliphatic carbocycles. The minimum Gasteiger partial charge on any atom is -0.391 e. The number of benzene rings is 3. The highest BCUT2D eigenvalue weighted by molar-refractivity contribution is 6.42. The average molecular weight is 1730 g/mol. The number of aliphatic hydroxyl groups excluding tert-OH is 2. The smallest absolute Gasteiger partial charge is 0.329 e. The van der Waals surface area contributed by atoms with E-state index in [1.165, 1.54) is 32.1 Å². The molecule has 26 N–H and O–H groups in total. The summed E-state index contributed by atoms with van der Waals surface area (Å²) in [7, 11) is 0. The fourth-order valence-corrected chi connectivity index (χ4v) is 14.4. The zero-order valence-corrected chi connectivity index (χ0v) is 72.8. The molecule has 2 aliphatic rings. The number of rotatable bonds is 39. The summed E-state index contributed by atoms with van der Waals surface area (Å²) in [4.78, 5) is 206. The SMILES string of the molecule is CCN(CC)CCNC(=O)c1c(C)[nH]c(/C=C2\C(=O)N(C(=O)NCc3ccc(-c4ccc(C[C@H]5NC(=O)C(CCN)NC(=O)[C@@H](NC(=O)[C@H](CCN)NC(=O)[C@@H](NC(=O)[C@@H](CCN)NC(=O)CCCCCC(C)C)[C@@H](C)O)CCNC(=O)[C@H]([C@@H](C)O)NC(=O)[C@H](CCN)NC(=O)[C@H](CCN)NC(=O)[C@H](CC(C)C)NC5=O)cc4)cc3)c3ccc(F)cc32)c1C. The van der Waals surface area contributed by atoms with Crippen LogP contribution in [-0.2, 0) is 70.5 Å². The first kappa shape index (κ1) is 102. The Morgan fingerprint density at radius 3 is 1.68 bits per heavy atom. The lowest BCUT2D eigenvalue weighted by Gasteiger charge is -2.29. The monoisotopic (exact) mass is 1730 g/mol. The van der Waals surface area contributed by atoms with Crippen LogP contribution in [0.5, 0.6) is 0 Å². The summed E-state index contributed by atoms with van der Waals surface area (Å²) in [6.45, 7) is 18.8. The number of hydrogen-bond acceptors (Lipinski definition) is 22. The molecule has 1 unspecified atom stereocenters. The second-order valence-corrected chi connectivity index (χ2v) is 32.2. The van der Waals surface area contributed by atoms with Crippen molar-refractivity contribution >= 4 is 100 Å². The summed E-state index contributed by atoms with van der Waals surface area (Å²) in [5, 5.41) is 56.0. The van der Waals surface area contributed by atoms with Crippen molar-refractivity contribution in [2.24, 2.45) is 40.5 Å². The number of amides is 15. The largest absolute Gasteiger partial charge is 0.391 e. The number of nitrogens with zero attached hydrogens (tertiary/aromatic N) is 2. The second-order valence-electron chi connectivity index (χ2n) is 32.2. The normalized spacial score (nSPS) is 20.0. The maximum Gasteiger partial charge on any atom is 0.329 e. The molecule has 6 rings (SSSR count). The van der Waals surface area contributed by atoms with E-state index in [9.17, 15) is 76.9 Å². The highest BCUT2D eigenvalue weighted by Gasteiger charge is 2.41. The minimum atomic E-state index is -1.76. The number of aromatic amines is 1. The fourth-order valence-electron chi connectivity index (χ4n) is 14.4. The van der Waals surface area contributed by atoms with Gasteiger partial charge in [0.25, 0.3) is 11.8 Å². The third-order valence-electron chi connectivity index (χ3n) is 21.5. The summed E-state index contributed by atoms with van der Waals surface area (Å²) in [5.74, 6) is -11.8. The van der Waals surface area contributed by atoms with Gasteiger partial charge in [0, 0.05) is 56.0 Å². The van der Waals surface area contributed by atoms with Gasteiger partial charge in [0.05, 0.1) is 29.0 Å². The van der Waals surface area contributed by atoms with Crippen LogP contribution in [0.3, 0.4) is 0 Å². The number of nitrogens with two attached hydrogens (primary N) is 5. The van der Waals surface area contributed by atoms with E-state index in [1.807, 2.05) is 13.8 Å². The molecule has 12 atom stereocenters. The number of carbonyl (C=O) groups excluding carboxylic acids is 14. The number of aliphatic hydroxyl groups is 2. The van der Waals surface area contributed by atoms with Gasteiger partial charge in [0.15, 0.2) is 0 Å². The maximum atomic E-state index is 15.1. The molecule has 1 aromatic heterocycles. The van der Waals surface area contributed by atoms with E-state index in [1.54, 1.807) is 76.2 Å². The molecule has 124 heavy (non-hydrogen) atoms. The maximum absolute atomic E-state index is 15.1. The molecule has 15 amide bonds. The molecule has 3 heterocycles. The number of H-pyrrole nitrogens is 1. The predicted molar refractivity (Wildman–Crippen MR) is 466 cm³/mol. The van der Waals surface area contributed by atoms with Gasteiger partial charge in [-0.15, -0.1) is 0 Å². The Labute approximate surface area is 723 Å². The van der Waals surface area contributed by atoms with E-state index >= 15 is 4.79 Å². The Kier molecular flexibility index (Phi) is 41.5. The number of imide groups is 1. The van der Waals surface area contributed by atoms with Crippen molar-refractivity contribution < 1.29 is 81.7 Å². The quantitative estimate of drug-likeness (QED) is 0.0195. The van der Waals surface area contributed by atoms with Crippen LogP contribution in [0.1, 0.15) is 176 Å². The van der Waals surface area contributed by atoms with Crippen LogP contribution in [0, 0.1) is 31.5 Å². The minimum absolute atomic E-state index is 0.0218. The number of nitrogens with one attached hydrogen (secondary N) is 14. The van der Waals surface area contributed by atoms with Crippen molar-refractivity contribution in [3.8, 4) is 11.1 Å². The third kappa shape index (κ3) is 30.4. The van der Waals surface area contributed by atoms with Crippen molar-refractivity contribution in [2.75, 3.05) is 70.3 Å². The van der Waals surface area contributed by atoms with Crippen molar-refractivity contribution in [2.45, 2.75) is 232 Å². The molecule has 682 valence electrons. The lowest BCUT2D eigenvalue weighted by Crippen LogP contribution is -2.62. The number of aryl methyl sites for hydroxylation is 1. The molecule has 1 saturated heterocycles. The number of likely N-dealkylation sites (N-methyl/N-ethyl adjacent to an activating group) is 1. The van der Waals surface area contributed by atoms with Gasteiger partial charge < -0.3 is 118 Å². The Hall–Kier alpha value is -11.1. The van der Waals surface area contributed by atoms with Crippen LogP contribution in [0.15, 0.2) is 66.7 Å². The summed E-state index contributed by atoms with van der Waals surface area (Å²) in [6, 6.07) is 1.12. The Morgan fingerprint density at radius 1 is 0.589 bits per heavy atom. The van der Waals surface area contributed by atoms with Crippen LogP contribution >= 0.6 is 0 Å². The molecule has 2 aliphatic heterocycles. The lowest BCUT2D eigenvalue weighted by molar-refractivity contribution is -0.137. The molecule has 38 heteroatoms. The summed E-state index contributed by atoms with van der Waals surface area (Å²) < 4.78 is 15.0. The first-order valence-electron chi connectivity index (χ1n) is 42.7. The van der Waals surface area contributed by atoms with E-state index in [4.69, 9.17) is 28.7 Å². The predicted octanol–water partition coefficient (Wildman–Crippen LogP) is -0.625. The lowest BCUT2D eigenvalue weighted by atomic mass is 9.98. The summed E-state index contributed by atoms with van der Waals surface area (Å²) in [5.41, 5.74) is 34.5. The van der Waals surface area contributed by atoms with Crippen molar-refractivity contribution in [1.29, 1.82) is 0 Å². The zero-order chi connectivity index (χ0) is 91.6. The number of unbranched alkanes of at least 4 members (excludes halogenated alkanes) is 2. The van der Waals surface area contributed by atoms with Gasteiger partial charge in [-0.1, -0.05) is 109 Å². The topological polar surface area (TPSA) is 588 Å². The number of fused-ring (bicyclic) bond motifs is 1. The van der Waals surface area contributed by atoms with Gasteiger partial charge in [-0.05, 0) is 189 Å². The van der Waals surface area contributed by atoms with Gasteiger partial charge in [0.2, 0.25) is 65.0 Å². The Morgan fingerprint density at radius 2 is 1.13 bits per heavy atom. The van der Waals surface area contributed by atoms with Crippen molar-refractivity contribution in [1.82, 2.24) is 79.0 Å². The van der Waals surface area contributed by atoms with E-state index < -0.39 is 168 Å². The molecular weight excluding hydrogens is 1600 g/mol. The molecule has 37 nitrogen and oxygen atoms in total. The zero-order valence-electron chi connectivity index (χ0n) is 72.8. The van der Waals surface area contributed by atoms with E-state index in [0.717, 1.165) is 43.3 Å². The van der Waals surface area contributed by atoms with Gasteiger partial charge >= 0.3 is 6.03 Å². The molecule has 3 aromatic carbocycles. The first-order chi connectivity index (χ1) is 59.0. The third-order valence-corrected chi connectivity index (χ3v) is 21.5. The Bertz CT molecular complexity index is 4350. The number of aromatic nitrogens is 1. The van der Waals surface area contributed by atoms with Gasteiger partial charge in [0.1, 0.15) is 66.2 Å². The Balaban J connectivity index is 1.29. The number of urea groups is 1. The number of anilines is 1. The summed E-state index contributed by atoms with van der Waals surface area (Å²) in [6.07, 6.45) is -0.341. The van der Waals surface area contributed by atoms with E-state index in [0.29, 0.717) is 70.2 Å². The van der Waals surface area contributed by atoms with Crippen molar-refractivity contribution in [3.05, 3.63) is 112 Å². The number of hydrogen-bond donors (Lipinski definition) is 21. The standard InChI is InChI=1S/C86H130FN21O16/c1-11-107(12-2)41-40-94-82(120)71-49(7)66(96-50(71)8)45-59-58-44-57(87)26-27-69(58)108(85(59)123)86(124)95-46-54-20-24-56(25-21-54)55-22-18-53(19-23-55)43-68-81(119)103-67(42-48(5)6)80(118)100-61(29-35-89)74(112)99-64(32-38-92)79(117)105-72(51(9)109)83(121)93-39-33-65(77(115)98-62(30-36-90)76(114)104-68)101-75(113)63(31-37-91)102-84(122)73(52(10)110)106-78(116)60(28-34-88)97-70(111)17-15-13-14-16-47(3)4/h18-27,44-45,47-48,51-52,60-65,67-68,72-73,96,109-110H,11-17,28-43,46,88-92H2,1-10H3,(H,93,121)(H,94,120)(H,95,124)(H,97,111)(H,98,115)(H,99,112)(H,100,118)(H,101,113)(H,102,122)(H,103,119)(H,104,114)(H,105,117)(H,106,116)/b59-45-/t51-,52-,60-,61+,62?,63+,64+,65+,67+,68-,72+,73+/m1/s1. The van der Waals surface area contributed by atoms with Crippen LogP contribution < -0.4 is 103 Å². The van der Waals surface area contributed by atoms with Crippen molar-refractivity contribution in [3.63, 3.8) is 0 Å².